The molecule has 0 aliphatic heterocycles. The molecule has 2 N–H and O–H groups in total. The lowest BCUT2D eigenvalue weighted by Crippen LogP contribution is -2.24. The first-order valence-corrected chi connectivity index (χ1v) is 6.68. The highest BCUT2D eigenvalue weighted by Gasteiger charge is 2.10. The smallest absolute Gasteiger partial charge is 0.303 e. The van der Waals surface area contributed by atoms with Crippen LogP contribution in [0.15, 0.2) is 36.7 Å². The van der Waals surface area contributed by atoms with Gasteiger partial charge in [0.2, 0.25) is 0 Å². The average molecular weight is 287 g/mol. The molecule has 2 rings (SSSR count). The number of aliphatic carboxylic acids is 1. The summed E-state index contributed by atoms with van der Waals surface area (Å²) in [5.74, 6) is -1.11. The van der Waals surface area contributed by atoms with Gasteiger partial charge in [0.15, 0.2) is 0 Å². The van der Waals surface area contributed by atoms with Crippen LogP contribution in [0, 0.1) is 6.92 Å². The van der Waals surface area contributed by atoms with Crippen LogP contribution >= 0.6 is 0 Å². The number of hydrogen-bond acceptors (Lipinski definition) is 3. The molecule has 0 aliphatic rings. The lowest BCUT2D eigenvalue weighted by molar-refractivity contribution is -0.137. The lowest BCUT2D eigenvalue weighted by atomic mass is 10.2. The summed E-state index contributed by atoms with van der Waals surface area (Å²) < 4.78 is 1.65. The van der Waals surface area contributed by atoms with Gasteiger partial charge in [-0.3, -0.25) is 9.59 Å². The third-order valence-electron chi connectivity index (χ3n) is 3.06. The van der Waals surface area contributed by atoms with Gasteiger partial charge in [-0.2, -0.15) is 5.10 Å². The molecule has 6 heteroatoms. The van der Waals surface area contributed by atoms with E-state index in [4.69, 9.17) is 5.11 Å². The minimum Gasteiger partial charge on any atom is -0.481 e. The Balaban J connectivity index is 1.98. The summed E-state index contributed by atoms with van der Waals surface area (Å²) in [4.78, 5) is 22.3. The number of aryl methyl sites for hydroxylation is 1. The maximum atomic E-state index is 11.9. The Labute approximate surface area is 122 Å². The van der Waals surface area contributed by atoms with Gasteiger partial charge in [0, 0.05) is 19.2 Å². The second kappa shape index (κ2) is 6.69. The topological polar surface area (TPSA) is 84.2 Å². The maximum Gasteiger partial charge on any atom is 0.303 e. The summed E-state index contributed by atoms with van der Waals surface area (Å²) in [6.07, 6.45) is 3.61. The van der Waals surface area contributed by atoms with E-state index in [9.17, 15) is 9.59 Å². The monoisotopic (exact) mass is 287 g/mol. The quantitative estimate of drug-likeness (QED) is 0.793. The number of carboxylic acid groups (broad SMARTS) is 1. The largest absolute Gasteiger partial charge is 0.481 e. The van der Waals surface area contributed by atoms with E-state index in [1.165, 1.54) is 6.20 Å². The van der Waals surface area contributed by atoms with Crippen molar-refractivity contribution < 1.29 is 14.7 Å². The Hall–Kier alpha value is -2.63. The lowest BCUT2D eigenvalue weighted by Gasteiger charge is -2.04. The van der Waals surface area contributed by atoms with Crippen molar-refractivity contribution in [1.29, 1.82) is 0 Å². The van der Waals surface area contributed by atoms with E-state index < -0.39 is 5.97 Å². The highest BCUT2D eigenvalue weighted by molar-refractivity contribution is 5.93. The van der Waals surface area contributed by atoms with E-state index >= 15 is 0 Å². The van der Waals surface area contributed by atoms with Crippen molar-refractivity contribution in [2.24, 2.45) is 0 Å². The summed E-state index contributed by atoms with van der Waals surface area (Å²) in [7, 11) is 0. The molecule has 1 aromatic heterocycles. The number of rotatable bonds is 6. The van der Waals surface area contributed by atoms with Crippen molar-refractivity contribution in [3.8, 4) is 5.69 Å². The van der Waals surface area contributed by atoms with Gasteiger partial charge in [-0.05, 0) is 25.0 Å². The van der Waals surface area contributed by atoms with Crippen molar-refractivity contribution in [3.05, 3.63) is 47.8 Å². The molecular formula is C15H17N3O3. The Morgan fingerprint density at radius 2 is 2.10 bits per heavy atom. The number of para-hydroxylation sites is 1. The number of carbonyl (C=O) groups is 2. The molecule has 6 nitrogen and oxygen atoms in total. The molecule has 0 bridgehead atoms. The molecule has 0 saturated carbocycles. The van der Waals surface area contributed by atoms with Gasteiger partial charge >= 0.3 is 5.97 Å². The zero-order valence-electron chi connectivity index (χ0n) is 11.7. The Morgan fingerprint density at radius 3 is 2.81 bits per heavy atom. The van der Waals surface area contributed by atoms with E-state index in [0.29, 0.717) is 18.5 Å². The predicted molar refractivity (Wildman–Crippen MR) is 77.5 cm³/mol. The molecule has 21 heavy (non-hydrogen) atoms. The van der Waals surface area contributed by atoms with Crippen molar-refractivity contribution in [1.82, 2.24) is 15.1 Å². The Morgan fingerprint density at radius 1 is 1.33 bits per heavy atom. The molecule has 0 saturated heterocycles. The van der Waals surface area contributed by atoms with Gasteiger partial charge in [0.1, 0.15) is 0 Å². The summed E-state index contributed by atoms with van der Waals surface area (Å²) >= 11 is 0. The van der Waals surface area contributed by atoms with Crippen LogP contribution in [0.1, 0.15) is 28.8 Å². The van der Waals surface area contributed by atoms with E-state index in [0.717, 1.165) is 11.3 Å². The minimum absolute atomic E-state index is 0.0444. The fraction of sp³-hybridized carbons (Fsp3) is 0.267. The van der Waals surface area contributed by atoms with Crippen molar-refractivity contribution in [2.45, 2.75) is 19.8 Å². The summed E-state index contributed by atoms with van der Waals surface area (Å²) in [6, 6.07) is 7.76. The first-order valence-electron chi connectivity index (χ1n) is 6.68. The van der Waals surface area contributed by atoms with Crippen LogP contribution in [0.5, 0.6) is 0 Å². The molecular weight excluding hydrogens is 270 g/mol. The van der Waals surface area contributed by atoms with E-state index in [1.54, 1.807) is 10.9 Å². The first-order chi connectivity index (χ1) is 10.1. The van der Waals surface area contributed by atoms with Crippen LogP contribution < -0.4 is 5.32 Å². The van der Waals surface area contributed by atoms with Gasteiger partial charge < -0.3 is 10.4 Å². The number of benzene rings is 1. The summed E-state index contributed by atoms with van der Waals surface area (Å²) in [5, 5.41) is 15.4. The molecule has 1 aromatic carbocycles. The molecule has 110 valence electrons. The third-order valence-corrected chi connectivity index (χ3v) is 3.06. The second-order valence-electron chi connectivity index (χ2n) is 4.71. The fourth-order valence-corrected chi connectivity index (χ4v) is 1.94. The number of amides is 1. The van der Waals surface area contributed by atoms with Crippen LogP contribution in [0.4, 0.5) is 0 Å². The molecule has 2 aromatic rings. The van der Waals surface area contributed by atoms with Crippen molar-refractivity contribution in [3.63, 3.8) is 0 Å². The number of aromatic nitrogens is 2. The zero-order chi connectivity index (χ0) is 15.2. The zero-order valence-corrected chi connectivity index (χ0v) is 11.7. The number of carbonyl (C=O) groups excluding carboxylic acids is 1. The van der Waals surface area contributed by atoms with Gasteiger partial charge in [-0.15, -0.1) is 0 Å². The average Bonchev–Trinajstić information content (AvgIpc) is 2.93. The minimum atomic E-state index is -0.864. The predicted octanol–water partition coefficient (Wildman–Crippen LogP) is 1.78. The molecule has 0 unspecified atom stereocenters. The van der Waals surface area contributed by atoms with Gasteiger partial charge in [0.05, 0.1) is 17.4 Å². The molecule has 0 aliphatic carbocycles. The highest BCUT2D eigenvalue weighted by atomic mass is 16.4. The fourth-order valence-electron chi connectivity index (χ4n) is 1.94. The van der Waals surface area contributed by atoms with Crippen LogP contribution in [-0.4, -0.2) is 33.3 Å². The van der Waals surface area contributed by atoms with Gasteiger partial charge in [0.25, 0.3) is 5.91 Å². The Kier molecular flexibility index (Phi) is 4.71. The van der Waals surface area contributed by atoms with E-state index in [2.05, 4.69) is 10.4 Å². The third kappa shape index (κ3) is 3.92. The standard InChI is InChI=1S/C15H17N3O3/c1-11-5-2-3-6-13(11)18-10-12(9-17-18)15(21)16-8-4-7-14(19)20/h2-3,5-6,9-10H,4,7-8H2,1H3,(H,16,21)(H,19,20). The number of nitrogens with zero attached hydrogens (tertiary/aromatic N) is 2. The van der Waals surface area contributed by atoms with E-state index in [1.807, 2.05) is 31.2 Å². The first kappa shape index (κ1) is 14.8. The van der Waals surface area contributed by atoms with E-state index in [-0.39, 0.29) is 12.3 Å². The number of nitrogens with one attached hydrogen (secondary N) is 1. The highest BCUT2D eigenvalue weighted by Crippen LogP contribution is 2.13. The molecule has 1 amide bonds. The van der Waals surface area contributed by atoms with Crippen LogP contribution in [0.2, 0.25) is 0 Å². The van der Waals surface area contributed by atoms with Crippen molar-refractivity contribution >= 4 is 11.9 Å². The van der Waals surface area contributed by atoms with Crippen LogP contribution in [-0.2, 0) is 4.79 Å². The molecule has 0 atom stereocenters. The number of hydrogen-bond donors (Lipinski definition) is 2. The van der Waals surface area contributed by atoms with Crippen LogP contribution in [0.25, 0.3) is 5.69 Å². The summed E-state index contributed by atoms with van der Waals surface area (Å²) in [6.45, 7) is 2.31. The molecule has 0 spiro atoms. The summed E-state index contributed by atoms with van der Waals surface area (Å²) in [5.41, 5.74) is 2.44. The SMILES string of the molecule is Cc1ccccc1-n1cc(C(=O)NCCCC(=O)O)cn1. The maximum absolute atomic E-state index is 11.9. The molecule has 0 fully saturated rings. The van der Waals surface area contributed by atoms with Gasteiger partial charge in [-0.25, -0.2) is 4.68 Å². The van der Waals surface area contributed by atoms with Crippen LogP contribution in [0.3, 0.4) is 0 Å². The molecule has 1 heterocycles. The molecule has 0 radical (unpaired) electrons. The number of carboxylic acids is 1. The van der Waals surface area contributed by atoms with Crippen molar-refractivity contribution in [2.75, 3.05) is 6.54 Å². The normalized spacial score (nSPS) is 10.3. The van der Waals surface area contributed by atoms with Gasteiger partial charge in [-0.1, -0.05) is 18.2 Å². The second-order valence-corrected chi connectivity index (χ2v) is 4.71. The Bertz CT molecular complexity index is 649.